The minimum Gasteiger partial charge on any atom is -0.589 e. The Balaban J connectivity index is 0.000000357. The van der Waals surface area contributed by atoms with Gasteiger partial charge in [0.1, 0.15) is 0 Å². The molecule has 0 bridgehead atoms. The Morgan fingerprint density at radius 2 is 1.65 bits per heavy atom. The van der Waals surface area contributed by atoms with E-state index >= 15 is 0 Å². The zero-order valence-corrected chi connectivity index (χ0v) is 18.0. The van der Waals surface area contributed by atoms with Crippen molar-refractivity contribution in [1.82, 2.24) is 0 Å². The molecular formula is C16H10N2O6SU. The van der Waals surface area contributed by atoms with E-state index in [1.165, 1.54) is 17.8 Å². The van der Waals surface area contributed by atoms with Gasteiger partial charge in [0, 0.05) is 16.7 Å². The van der Waals surface area contributed by atoms with Crippen LogP contribution in [0.25, 0.3) is 5.32 Å². The van der Waals surface area contributed by atoms with E-state index in [2.05, 4.69) is 15.4 Å². The summed E-state index contributed by atoms with van der Waals surface area (Å²) in [6.45, 7) is 0. The first-order chi connectivity index (χ1) is 12.0. The Bertz CT molecular complexity index is 772. The molecule has 0 radical (unpaired) electrons. The first-order valence-corrected chi connectivity index (χ1v) is 7.77. The van der Waals surface area contributed by atoms with Gasteiger partial charge < -0.3 is 29.8 Å². The number of benzene rings is 1. The minimum absolute atomic E-state index is 0. The number of anilines is 1. The topological polar surface area (TPSA) is 121 Å². The van der Waals surface area contributed by atoms with Crippen molar-refractivity contribution in [1.29, 1.82) is 0 Å². The molecule has 0 saturated carbocycles. The number of esters is 2. The van der Waals surface area contributed by atoms with Crippen molar-refractivity contribution in [2.75, 3.05) is 11.1 Å². The van der Waals surface area contributed by atoms with E-state index in [4.69, 9.17) is 0 Å². The second-order valence-corrected chi connectivity index (χ2v) is 5.59. The van der Waals surface area contributed by atoms with Crippen LogP contribution in [0, 0.1) is 31.1 Å². The number of carbonyl (C=O) groups is 4. The van der Waals surface area contributed by atoms with Gasteiger partial charge in [-0.25, -0.2) is 9.59 Å². The molecular weight excluding hydrogens is 586 g/mol. The van der Waals surface area contributed by atoms with Crippen molar-refractivity contribution in [2.45, 2.75) is 4.90 Å². The molecule has 0 aromatic heterocycles. The number of thioether (sulfide) groups is 1. The third-order valence-corrected chi connectivity index (χ3v) is 3.84. The van der Waals surface area contributed by atoms with Gasteiger partial charge in [-0.15, -0.1) is 29.6 Å². The van der Waals surface area contributed by atoms with Crippen molar-refractivity contribution in [3.63, 3.8) is 0 Å². The number of carbonyl (C=O) groups excluding carboxylic acids is 5. The maximum absolute atomic E-state index is 11.2. The molecule has 0 unspecified atom stereocenters. The largest absolute Gasteiger partial charge is 2.00 e. The predicted octanol–water partition coefficient (Wildman–Crippen LogP) is 1.25. The van der Waals surface area contributed by atoms with Gasteiger partial charge in [0.2, 0.25) is 0 Å². The van der Waals surface area contributed by atoms with Crippen LogP contribution in [-0.2, 0) is 28.7 Å². The fourth-order valence-electron chi connectivity index (χ4n) is 1.67. The van der Waals surface area contributed by atoms with Crippen molar-refractivity contribution < 1.29 is 59.8 Å². The average Bonchev–Trinajstić information content (AvgIpc) is 3.11. The molecule has 0 fully saturated rings. The number of ether oxygens (including phenoxy) is 1. The zero-order chi connectivity index (χ0) is 18.2. The first kappa shape index (κ1) is 21.9. The quantitative estimate of drug-likeness (QED) is 0.136. The summed E-state index contributed by atoms with van der Waals surface area (Å²) >= 11 is 1.40. The number of nitrogens with zero attached hydrogens (tertiary/aromatic N) is 1. The second-order valence-electron chi connectivity index (χ2n) is 4.54. The van der Waals surface area contributed by atoms with E-state index in [9.17, 15) is 24.0 Å². The molecule has 3 rings (SSSR count). The maximum Gasteiger partial charge on any atom is 2.00 e. The molecule has 2 aliphatic rings. The van der Waals surface area contributed by atoms with E-state index < -0.39 is 23.8 Å². The van der Waals surface area contributed by atoms with Crippen LogP contribution >= 0.6 is 11.8 Å². The van der Waals surface area contributed by atoms with E-state index in [-0.39, 0.29) is 31.1 Å². The van der Waals surface area contributed by atoms with Crippen LogP contribution in [0.1, 0.15) is 0 Å². The summed E-state index contributed by atoms with van der Waals surface area (Å²) in [5.41, 5.74) is 0.998. The van der Waals surface area contributed by atoms with Gasteiger partial charge in [-0.3, -0.25) is 0 Å². The molecule has 2 heterocycles. The molecule has 10 heteroatoms. The van der Waals surface area contributed by atoms with Crippen molar-refractivity contribution >= 4 is 47.6 Å². The molecule has 1 N–H and O–H groups in total. The summed E-state index contributed by atoms with van der Waals surface area (Å²) in [7, 11) is 0. The number of hydrogen-bond donors (Lipinski definition) is 1. The summed E-state index contributed by atoms with van der Waals surface area (Å²) in [4.78, 5) is 53.0. The summed E-state index contributed by atoms with van der Waals surface area (Å²) < 4.78 is 4.38. The number of rotatable bonds is 5. The summed E-state index contributed by atoms with van der Waals surface area (Å²) in [5, 5.41) is 5.40. The monoisotopic (exact) mass is 596 g/mol. The molecule has 1 aromatic rings. The van der Waals surface area contributed by atoms with Crippen molar-refractivity contribution in [3.8, 4) is 0 Å². The third kappa shape index (κ3) is 7.00. The maximum atomic E-state index is 11.2. The van der Waals surface area contributed by atoms with Gasteiger partial charge in [0.25, 0.3) is 0 Å². The molecule has 1 aromatic carbocycles. The van der Waals surface area contributed by atoms with Crippen LogP contribution in [0.4, 0.5) is 5.69 Å². The SMILES string of the molecule is O=C1C=CC(=O)[N-]1.O=[C-]Nc1ccc(SCC2=CC(=O)OC2=O)cc1.[U+2]. The molecule has 2 aliphatic heterocycles. The standard InChI is InChI=1S/C12H8NO4S.C4H3NO2.U/c14-7-13-9-1-3-10(4-2-9)18-6-8-5-11(15)17-12(8)16;6-3-1-2-4(7)5-3;/h1-5H,6H2,(H,13,14);1-2H,(H,5,6,7);/q-1;;+2/p-1. The van der Waals surface area contributed by atoms with Crippen LogP contribution in [0.3, 0.4) is 0 Å². The van der Waals surface area contributed by atoms with Crippen LogP contribution in [-0.4, -0.2) is 35.9 Å². The number of cyclic esters (lactones) is 2. The van der Waals surface area contributed by atoms with Crippen LogP contribution in [0.5, 0.6) is 0 Å². The average molecular weight is 596 g/mol. The molecule has 0 aliphatic carbocycles. The third-order valence-electron chi connectivity index (χ3n) is 2.78. The van der Waals surface area contributed by atoms with Gasteiger partial charge >= 0.3 is 43.1 Å². The molecule has 0 spiro atoms. The van der Waals surface area contributed by atoms with Crippen molar-refractivity contribution in [2.24, 2.45) is 0 Å². The molecule has 3 amide bonds. The first-order valence-electron chi connectivity index (χ1n) is 6.78. The Morgan fingerprint density at radius 3 is 2.08 bits per heavy atom. The Kier molecular flexibility index (Phi) is 9.06. The normalized spacial score (nSPS) is 14.5. The smallest absolute Gasteiger partial charge is 0.589 e. The number of hydrogen-bond acceptors (Lipinski definition) is 7. The second kappa shape index (κ2) is 10.8. The molecule has 8 nitrogen and oxygen atoms in total. The van der Waals surface area contributed by atoms with E-state index in [0.29, 0.717) is 17.0 Å². The Morgan fingerprint density at radius 1 is 1.04 bits per heavy atom. The van der Waals surface area contributed by atoms with E-state index in [1.54, 1.807) is 30.7 Å². The predicted molar refractivity (Wildman–Crippen MR) is 88.2 cm³/mol. The fourth-order valence-corrected chi connectivity index (χ4v) is 2.52. The number of nitrogens with one attached hydrogen (secondary N) is 1. The van der Waals surface area contributed by atoms with E-state index in [1.807, 2.05) is 0 Å². The van der Waals surface area contributed by atoms with Gasteiger partial charge in [-0.2, -0.15) is 0 Å². The van der Waals surface area contributed by atoms with Crippen molar-refractivity contribution in [3.05, 3.63) is 53.4 Å². The number of amides is 3. The fraction of sp³-hybridized carbons (Fsp3) is 0.0625. The van der Waals surface area contributed by atoms with Gasteiger partial charge in [0.15, 0.2) is 0 Å². The summed E-state index contributed by atoms with van der Waals surface area (Å²) in [6, 6.07) is 7.04. The molecule has 0 atom stereocenters. The summed E-state index contributed by atoms with van der Waals surface area (Å²) in [5.74, 6) is -1.73. The Hall–Kier alpha value is -2.15. The van der Waals surface area contributed by atoms with Crippen LogP contribution in [0.2, 0.25) is 0 Å². The Labute approximate surface area is 176 Å². The van der Waals surface area contributed by atoms with Crippen LogP contribution < -0.4 is 5.32 Å². The van der Waals surface area contributed by atoms with Gasteiger partial charge in [-0.1, -0.05) is 12.1 Å². The molecule has 26 heavy (non-hydrogen) atoms. The number of imide groups is 1. The summed E-state index contributed by atoms with van der Waals surface area (Å²) in [6.07, 6.45) is 5.06. The van der Waals surface area contributed by atoms with Gasteiger partial charge in [0.05, 0.1) is 23.8 Å². The molecule has 130 valence electrons. The van der Waals surface area contributed by atoms with Crippen LogP contribution in [0.15, 0.2) is 53.0 Å². The zero-order valence-electron chi connectivity index (χ0n) is 13.1. The minimum atomic E-state index is -0.614. The van der Waals surface area contributed by atoms with Gasteiger partial charge in [-0.05, 0) is 12.2 Å². The van der Waals surface area contributed by atoms with E-state index in [0.717, 1.165) is 17.0 Å². The molecule has 0 saturated heterocycles.